The topological polar surface area (TPSA) is 78.4 Å². The lowest BCUT2D eigenvalue weighted by molar-refractivity contribution is 0.0696. The molecule has 18 heavy (non-hydrogen) atoms. The first-order chi connectivity index (χ1) is 8.41. The fourth-order valence-electron chi connectivity index (χ4n) is 1.40. The van der Waals surface area contributed by atoms with E-state index in [2.05, 4.69) is 17.2 Å². The largest absolute Gasteiger partial charge is 0.478 e. The molecule has 1 aromatic rings. The standard InChI is InChI=1S/C13H16N2O3/c1-8(2)7-14-13(18)15-11-6-4-5-10(9(11)3)12(16)17/h4-6H,1,7H2,2-3H3,(H,16,17)(H2,14,15,18). The van der Waals surface area contributed by atoms with Gasteiger partial charge in [0.2, 0.25) is 0 Å². The van der Waals surface area contributed by atoms with Gasteiger partial charge in [-0.25, -0.2) is 9.59 Å². The smallest absolute Gasteiger partial charge is 0.336 e. The minimum atomic E-state index is -1.02. The molecule has 5 nitrogen and oxygen atoms in total. The molecular formula is C13H16N2O3. The zero-order valence-corrected chi connectivity index (χ0v) is 10.4. The Labute approximate surface area is 106 Å². The summed E-state index contributed by atoms with van der Waals surface area (Å²) < 4.78 is 0. The number of carbonyl (C=O) groups excluding carboxylic acids is 1. The highest BCUT2D eigenvalue weighted by Gasteiger charge is 2.11. The molecule has 0 bridgehead atoms. The predicted molar refractivity (Wildman–Crippen MR) is 70.0 cm³/mol. The highest BCUT2D eigenvalue weighted by molar-refractivity contribution is 5.95. The van der Waals surface area contributed by atoms with Crippen LogP contribution < -0.4 is 10.6 Å². The number of anilines is 1. The molecule has 0 unspecified atom stereocenters. The Morgan fingerprint density at radius 1 is 1.39 bits per heavy atom. The van der Waals surface area contributed by atoms with E-state index in [9.17, 15) is 9.59 Å². The maximum Gasteiger partial charge on any atom is 0.336 e. The van der Waals surface area contributed by atoms with Crippen LogP contribution in [0.1, 0.15) is 22.8 Å². The number of carbonyl (C=O) groups is 2. The van der Waals surface area contributed by atoms with Gasteiger partial charge in [0.1, 0.15) is 0 Å². The zero-order valence-electron chi connectivity index (χ0n) is 10.4. The van der Waals surface area contributed by atoms with Gasteiger partial charge in [0.25, 0.3) is 0 Å². The number of hydrogen-bond donors (Lipinski definition) is 3. The van der Waals surface area contributed by atoms with Crippen molar-refractivity contribution in [2.75, 3.05) is 11.9 Å². The van der Waals surface area contributed by atoms with E-state index in [4.69, 9.17) is 5.11 Å². The van der Waals surface area contributed by atoms with Gasteiger partial charge in [0.15, 0.2) is 0 Å². The fourth-order valence-corrected chi connectivity index (χ4v) is 1.40. The van der Waals surface area contributed by atoms with Gasteiger partial charge < -0.3 is 15.7 Å². The number of carboxylic acids is 1. The lowest BCUT2D eigenvalue weighted by atomic mass is 10.1. The molecule has 3 N–H and O–H groups in total. The van der Waals surface area contributed by atoms with E-state index in [1.165, 1.54) is 6.07 Å². The van der Waals surface area contributed by atoms with Gasteiger partial charge in [-0.3, -0.25) is 0 Å². The molecule has 0 atom stereocenters. The second-order valence-electron chi connectivity index (χ2n) is 4.05. The molecule has 0 aliphatic heterocycles. The summed E-state index contributed by atoms with van der Waals surface area (Å²) in [7, 11) is 0. The highest BCUT2D eigenvalue weighted by atomic mass is 16.4. The van der Waals surface area contributed by atoms with Crippen molar-refractivity contribution in [1.29, 1.82) is 0 Å². The van der Waals surface area contributed by atoms with Crippen molar-refractivity contribution in [1.82, 2.24) is 5.32 Å². The number of hydrogen-bond acceptors (Lipinski definition) is 2. The summed E-state index contributed by atoms with van der Waals surface area (Å²) in [4.78, 5) is 22.5. The van der Waals surface area contributed by atoms with Crippen LogP contribution in [0.25, 0.3) is 0 Å². The third-order valence-electron chi connectivity index (χ3n) is 2.36. The molecule has 0 heterocycles. The second kappa shape index (κ2) is 5.86. The van der Waals surface area contributed by atoms with Crippen LogP contribution in [-0.4, -0.2) is 23.7 Å². The first-order valence-corrected chi connectivity index (χ1v) is 5.44. The molecule has 5 heteroatoms. The van der Waals surface area contributed by atoms with Crippen LogP contribution >= 0.6 is 0 Å². The van der Waals surface area contributed by atoms with Crippen LogP contribution in [-0.2, 0) is 0 Å². The first-order valence-electron chi connectivity index (χ1n) is 5.44. The van der Waals surface area contributed by atoms with Gasteiger partial charge >= 0.3 is 12.0 Å². The maximum absolute atomic E-state index is 11.5. The Kier molecular flexibility index (Phi) is 4.48. The Hall–Kier alpha value is -2.30. The van der Waals surface area contributed by atoms with Crippen LogP contribution in [0.2, 0.25) is 0 Å². The summed E-state index contributed by atoms with van der Waals surface area (Å²) in [6.45, 7) is 7.50. The van der Waals surface area contributed by atoms with Gasteiger partial charge in [-0.15, -0.1) is 0 Å². The lowest BCUT2D eigenvalue weighted by Gasteiger charge is -2.11. The van der Waals surface area contributed by atoms with Crippen molar-refractivity contribution in [3.05, 3.63) is 41.5 Å². The van der Waals surface area contributed by atoms with E-state index >= 15 is 0 Å². The highest BCUT2D eigenvalue weighted by Crippen LogP contribution is 2.18. The van der Waals surface area contributed by atoms with Crippen LogP contribution in [0.4, 0.5) is 10.5 Å². The molecule has 0 radical (unpaired) electrons. The molecule has 0 aliphatic carbocycles. The number of benzene rings is 1. The van der Waals surface area contributed by atoms with Crippen LogP contribution in [0.5, 0.6) is 0 Å². The Balaban J connectivity index is 2.79. The third kappa shape index (κ3) is 3.62. The quantitative estimate of drug-likeness (QED) is 0.716. The minimum Gasteiger partial charge on any atom is -0.478 e. The molecule has 2 amide bonds. The van der Waals surface area contributed by atoms with Gasteiger partial charge in [0, 0.05) is 12.2 Å². The van der Waals surface area contributed by atoms with E-state index in [0.29, 0.717) is 17.8 Å². The number of amides is 2. The summed E-state index contributed by atoms with van der Waals surface area (Å²) >= 11 is 0. The first kappa shape index (κ1) is 13.8. The van der Waals surface area contributed by atoms with Crippen LogP contribution in [0, 0.1) is 6.92 Å². The normalized spacial score (nSPS) is 9.67. The van der Waals surface area contributed by atoms with E-state index in [1.807, 2.05) is 0 Å². The van der Waals surface area contributed by atoms with Crippen molar-refractivity contribution in [2.24, 2.45) is 0 Å². The number of aromatic carboxylic acids is 1. The molecular weight excluding hydrogens is 232 g/mol. The second-order valence-corrected chi connectivity index (χ2v) is 4.05. The summed E-state index contributed by atoms with van der Waals surface area (Å²) in [5.41, 5.74) is 2.01. The zero-order chi connectivity index (χ0) is 13.7. The van der Waals surface area contributed by atoms with Crippen molar-refractivity contribution >= 4 is 17.7 Å². The predicted octanol–water partition coefficient (Wildman–Crippen LogP) is 2.39. The summed E-state index contributed by atoms with van der Waals surface area (Å²) in [6.07, 6.45) is 0. The maximum atomic E-state index is 11.5. The summed E-state index contributed by atoms with van der Waals surface area (Å²) in [6, 6.07) is 4.35. The van der Waals surface area contributed by atoms with Gasteiger partial charge in [0.05, 0.1) is 5.56 Å². The third-order valence-corrected chi connectivity index (χ3v) is 2.36. The van der Waals surface area contributed by atoms with Gasteiger partial charge in [-0.1, -0.05) is 18.2 Å². The van der Waals surface area contributed by atoms with E-state index < -0.39 is 5.97 Å². The number of rotatable bonds is 4. The number of carboxylic acid groups (broad SMARTS) is 1. The summed E-state index contributed by atoms with van der Waals surface area (Å²) in [5.74, 6) is -1.02. The lowest BCUT2D eigenvalue weighted by Crippen LogP contribution is -2.30. The average molecular weight is 248 g/mol. The molecule has 0 saturated heterocycles. The fraction of sp³-hybridized carbons (Fsp3) is 0.231. The van der Waals surface area contributed by atoms with Gasteiger partial charge in [-0.05, 0) is 31.5 Å². The van der Waals surface area contributed by atoms with E-state index in [1.54, 1.807) is 26.0 Å². The molecule has 0 saturated carbocycles. The van der Waals surface area contributed by atoms with Crippen LogP contribution in [0.3, 0.4) is 0 Å². The van der Waals surface area contributed by atoms with E-state index in [-0.39, 0.29) is 11.6 Å². The minimum absolute atomic E-state index is 0.174. The molecule has 1 aromatic carbocycles. The molecule has 0 aromatic heterocycles. The molecule has 0 fully saturated rings. The number of nitrogens with one attached hydrogen (secondary N) is 2. The van der Waals surface area contributed by atoms with E-state index in [0.717, 1.165) is 5.57 Å². The summed E-state index contributed by atoms with van der Waals surface area (Å²) in [5, 5.41) is 14.2. The van der Waals surface area contributed by atoms with Crippen LogP contribution in [0.15, 0.2) is 30.4 Å². The molecule has 0 spiro atoms. The Morgan fingerprint density at radius 2 is 2.06 bits per heavy atom. The van der Waals surface area contributed by atoms with Crippen molar-refractivity contribution in [2.45, 2.75) is 13.8 Å². The molecule has 96 valence electrons. The molecule has 1 rings (SSSR count). The number of urea groups is 1. The van der Waals surface area contributed by atoms with Crippen molar-refractivity contribution in [3.63, 3.8) is 0 Å². The Morgan fingerprint density at radius 3 is 2.61 bits per heavy atom. The monoisotopic (exact) mass is 248 g/mol. The SMILES string of the molecule is C=C(C)CNC(=O)Nc1cccc(C(=O)O)c1C. The van der Waals surface area contributed by atoms with Crippen molar-refractivity contribution < 1.29 is 14.7 Å². The average Bonchev–Trinajstić information content (AvgIpc) is 2.29. The van der Waals surface area contributed by atoms with Crippen molar-refractivity contribution in [3.8, 4) is 0 Å². The molecule has 0 aliphatic rings. The van der Waals surface area contributed by atoms with Gasteiger partial charge in [-0.2, -0.15) is 0 Å². The Bertz CT molecular complexity index is 495.